The molecule has 1 spiro atoms. The lowest BCUT2D eigenvalue weighted by atomic mass is 9.72. The Labute approximate surface area is 122 Å². The summed E-state index contributed by atoms with van der Waals surface area (Å²) in [4.78, 5) is 16.5. The predicted octanol–water partition coefficient (Wildman–Crippen LogP) is 1.40. The fraction of sp³-hybridized carbons (Fsp3) is 0.933. The second-order valence-electron chi connectivity index (χ2n) is 6.55. The molecule has 0 aromatic carbocycles. The topological polar surface area (TPSA) is 44.8 Å². The quantitative estimate of drug-likeness (QED) is 0.848. The van der Waals surface area contributed by atoms with E-state index in [2.05, 4.69) is 31.2 Å². The average molecular weight is 283 g/mol. The number of likely N-dealkylation sites (tertiary alicyclic amines) is 1. The van der Waals surface area contributed by atoms with Crippen molar-refractivity contribution in [3.8, 4) is 0 Å². The van der Waals surface area contributed by atoms with E-state index in [-0.39, 0.29) is 11.4 Å². The molecule has 0 aromatic heterocycles. The Bertz CT molecular complexity index is 327. The molecule has 2 rings (SSSR count). The number of ether oxygens (including phenoxy) is 1. The molecule has 2 fully saturated rings. The molecule has 0 radical (unpaired) electrons. The minimum atomic E-state index is 0.110. The van der Waals surface area contributed by atoms with Crippen molar-refractivity contribution < 1.29 is 9.53 Å². The van der Waals surface area contributed by atoms with E-state index in [1.165, 1.54) is 0 Å². The molecule has 5 nitrogen and oxygen atoms in total. The second-order valence-corrected chi connectivity index (χ2v) is 6.55. The van der Waals surface area contributed by atoms with Gasteiger partial charge in [0.15, 0.2) is 0 Å². The van der Waals surface area contributed by atoms with Crippen molar-refractivity contribution in [3.05, 3.63) is 0 Å². The number of hydrogen-bond donors (Lipinski definition) is 1. The maximum Gasteiger partial charge on any atom is 0.317 e. The smallest absolute Gasteiger partial charge is 0.317 e. The molecule has 5 heteroatoms. The molecule has 1 atom stereocenters. The van der Waals surface area contributed by atoms with E-state index in [1.807, 2.05) is 4.90 Å². The third-order valence-electron chi connectivity index (χ3n) is 4.70. The van der Waals surface area contributed by atoms with Crippen molar-refractivity contribution in [2.24, 2.45) is 11.3 Å². The number of hydrogen-bond acceptors (Lipinski definition) is 3. The fourth-order valence-corrected chi connectivity index (χ4v) is 3.57. The first-order chi connectivity index (χ1) is 9.57. The molecule has 0 aliphatic carbocycles. The van der Waals surface area contributed by atoms with Gasteiger partial charge in [0.25, 0.3) is 0 Å². The summed E-state index contributed by atoms with van der Waals surface area (Å²) < 4.78 is 5.54. The molecule has 0 saturated carbocycles. The summed E-state index contributed by atoms with van der Waals surface area (Å²) in [5.41, 5.74) is 0.270. The van der Waals surface area contributed by atoms with Gasteiger partial charge in [-0.15, -0.1) is 0 Å². The number of nitrogens with one attached hydrogen (secondary N) is 1. The summed E-state index contributed by atoms with van der Waals surface area (Å²) in [5, 5.41) is 3.01. The van der Waals surface area contributed by atoms with Crippen LogP contribution in [0.25, 0.3) is 0 Å². The van der Waals surface area contributed by atoms with E-state index in [0.717, 1.165) is 58.7 Å². The van der Waals surface area contributed by atoms with Gasteiger partial charge >= 0.3 is 6.03 Å². The number of nitrogens with zero attached hydrogens (tertiary/aromatic N) is 2. The van der Waals surface area contributed by atoms with Crippen molar-refractivity contribution in [2.75, 3.05) is 53.5 Å². The Morgan fingerprint density at radius 3 is 2.70 bits per heavy atom. The van der Waals surface area contributed by atoms with Crippen molar-refractivity contribution in [3.63, 3.8) is 0 Å². The summed E-state index contributed by atoms with van der Waals surface area (Å²) >= 11 is 0. The third-order valence-corrected chi connectivity index (χ3v) is 4.70. The molecule has 2 aliphatic heterocycles. The van der Waals surface area contributed by atoms with Crippen LogP contribution in [0.5, 0.6) is 0 Å². The minimum absolute atomic E-state index is 0.110. The summed E-state index contributed by atoms with van der Waals surface area (Å²) in [6.07, 6.45) is 3.16. The Balaban J connectivity index is 2.03. The maximum absolute atomic E-state index is 12.2. The molecular formula is C15H29N3O2. The standard InChI is InChI=1S/C15H29N3O2/c1-4-7-16-14(19)18-11-13(10-17(2)3)15(12-18)5-8-20-9-6-15/h13H,4-12H2,1-3H3,(H,16,19)/t13-/m0/s1. The number of carbonyl (C=O) groups is 1. The minimum Gasteiger partial charge on any atom is -0.381 e. The van der Waals surface area contributed by atoms with Crippen LogP contribution in [0.15, 0.2) is 0 Å². The molecule has 2 heterocycles. The molecular weight excluding hydrogens is 254 g/mol. The summed E-state index contributed by atoms with van der Waals surface area (Å²) in [6, 6.07) is 0.110. The van der Waals surface area contributed by atoms with Gasteiger partial charge in [0.1, 0.15) is 0 Å². The second kappa shape index (κ2) is 6.76. The first-order valence-electron chi connectivity index (χ1n) is 7.82. The van der Waals surface area contributed by atoms with Crippen LogP contribution in [0.1, 0.15) is 26.2 Å². The van der Waals surface area contributed by atoms with Gasteiger partial charge < -0.3 is 19.9 Å². The van der Waals surface area contributed by atoms with Crippen LogP contribution in [0, 0.1) is 11.3 Å². The first-order valence-corrected chi connectivity index (χ1v) is 7.82. The van der Waals surface area contributed by atoms with E-state index in [4.69, 9.17) is 4.74 Å². The zero-order valence-electron chi connectivity index (χ0n) is 13.2. The number of amides is 2. The largest absolute Gasteiger partial charge is 0.381 e. The van der Waals surface area contributed by atoms with Crippen LogP contribution in [-0.2, 0) is 4.74 Å². The van der Waals surface area contributed by atoms with E-state index < -0.39 is 0 Å². The Kier molecular flexibility index (Phi) is 5.27. The van der Waals surface area contributed by atoms with Gasteiger partial charge in [0, 0.05) is 39.4 Å². The monoisotopic (exact) mass is 283 g/mol. The van der Waals surface area contributed by atoms with Gasteiger partial charge in [-0.1, -0.05) is 6.92 Å². The summed E-state index contributed by atoms with van der Waals surface area (Å²) in [6.45, 7) is 7.36. The van der Waals surface area contributed by atoms with Crippen molar-refractivity contribution in [1.29, 1.82) is 0 Å². The van der Waals surface area contributed by atoms with E-state index in [9.17, 15) is 4.79 Å². The lowest BCUT2D eigenvalue weighted by Crippen LogP contribution is -2.42. The Morgan fingerprint density at radius 2 is 2.10 bits per heavy atom. The van der Waals surface area contributed by atoms with Crippen molar-refractivity contribution in [1.82, 2.24) is 15.1 Å². The molecule has 20 heavy (non-hydrogen) atoms. The molecule has 2 aliphatic rings. The lowest BCUT2D eigenvalue weighted by molar-refractivity contribution is -0.00395. The van der Waals surface area contributed by atoms with E-state index in [0.29, 0.717) is 5.92 Å². The van der Waals surface area contributed by atoms with Gasteiger partial charge in [-0.25, -0.2) is 4.79 Å². The highest BCUT2D eigenvalue weighted by molar-refractivity contribution is 5.74. The third kappa shape index (κ3) is 3.44. The molecule has 116 valence electrons. The van der Waals surface area contributed by atoms with Gasteiger partial charge in [-0.05, 0) is 44.7 Å². The van der Waals surface area contributed by atoms with Crippen LogP contribution >= 0.6 is 0 Å². The Hall–Kier alpha value is -0.810. The van der Waals surface area contributed by atoms with Crippen LogP contribution in [0.2, 0.25) is 0 Å². The highest BCUT2D eigenvalue weighted by atomic mass is 16.5. The van der Waals surface area contributed by atoms with Crippen LogP contribution in [-0.4, -0.2) is 69.3 Å². The normalized spacial score (nSPS) is 25.4. The van der Waals surface area contributed by atoms with Crippen molar-refractivity contribution in [2.45, 2.75) is 26.2 Å². The molecule has 0 unspecified atom stereocenters. The number of carbonyl (C=O) groups excluding carboxylic acids is 1. The van der Waals surface area contributed by atoms with Crippen LogP contribution < -0.4 is 5.32 Å². The van der Waals surface area contributed by atoms with Gasteiger partial charge in [-0.2, -0.15) is 0 Å². The maximum atomic E-state index is 12.2. The van der Waals surface area contributed by atoms with Crippen LogP contribution in [0.3, 0.4) is 0 Å². The number of urea groups is 1. The van der Waals surface area contributed by atoms with Gasteiger partial charge in [-0.3, -0.25) is 0 Å². The number of rotatable bonds is 4. The SMILES string of the molecule is CCCNC(=O)N1C[C@H](CN(C)C)C2(CCOCC2)C1. The van der Waals surface area contributed by atoms with Crippen LogP contribution in [0.4, 0.5) is 4.79 Å². The predicted molar refractivity (Wildman–Crippen MR) is 79.8 cm³/mol. The summed E-state index contributed by atoms with van der Waals surface area (Å²) in [7, 11) is 4.24. The zero-order valence-corrected chi connectivity index (χ0v) is 13.2. The van der Waals surface area contributed by atoms with E-state index in [1.54, 1.807) is 0 Å². The molecule has 0 bridgehead atoms. The molecule has 2 saturated heterocycles. The Morgan fingerprint density at radius 1 is 1.40 bits per heavy atom. The highest BCUT2D eigenvalue weighted by Crippen LogP contribution is 2.44. The fourth-order valence-electron chi connectivity index (χ4n) is 3.57. The van der Waals surface area contributed by atoms with E-state index >= 15 is 0 Å². The van der Waals surface area contributed by atoms with Crippen molar-refractivity contribution >= 4 is 6.03 Å². The molecule has 0 aromatic rings. The van der Waals surface area contributed by atoms with Gasteiger partial charge in [0.05, 0.1) is 0 Å². The molecule has 2 amide bonds. The molecule has 1 N–H and O–H groups in total. The summed E-state index contributed by atoms with van der Waals surface area (Å²) in [5.74, 6) is 0.564. The zero-order chi connectivity index (χ0) is 14.6. The lowest BCUT2D eigenvalue weighted by Gasteiger charge is -2.38. The van der Waals surface area contributed by atoms with Gasteiger partial charge in [0.2, 0.25) is 0 Å². The average Bonchev–Trinajstić information content (AvgIpc) is 2.75. The highest BCUT2D eigenvalue weighted by Gasteiger charge is 2.48. The first kappa shape index (κ1) is 15.6.